The molecule has 0 aromatic heterocycles. The Morgan fingerprint density at radius 1 is 1.15 bits per heavy atom. The van der Waals surface area contributed by atoms with Crippen molar-refractivity contribution in [3.8, 4) is 0 Å². The third-order valence-corrected chi connectivity index (χ3v) is 3.54. The first-order valence-corrected chi connectivity index (χ1v) is 8.67. The van der Waals surface area contributed by atoms with Crippen LogP contribution in [-0.2, 0) is 4.74 Å². The number of amides is 2. The molecule has 0 radical (unpaired) electrons. The Labute approximate surface area is 157 Å². The van der Waals surface area contributed by atoms with E-state index in [9.17, 15) is 19.7 Å². The van der Waals surface area contributed by atoms with Crippen LogP contribution in [0.3, 0.4) is 0 Å². The third kappa shape index (κ3) is 8.15. The first-order chi connectivity index (χ1) is 12.1. The van der Waals surface area contributed by atoms with Gasteiger partial charge in [0.1, 0.15) is 5.60 Å². The minimum atomic E-state index is -0.579. The number of ether oxygens (including phenoxy) is 1. The van der Waals surface area contributed by atoms with Gasteiger partial charge in [0.15, 0.2) is 0 Å². The zero-order chi connectivity index (χ0) is 19.7. The smallest absolute Gasteiger partial charge is 0.407 e. The molecule has 26 heavy (non-hydrogen) atoms. The van der Waals surface area contributed by atoms with Gasteiger partial charge in [-0.25, -0.2) is 4.79 Å². The Morgan fingerprint density at radius 3 is 2.35 bits per heavy atom. The molecule has 0 aliphatic carbocycles. The second-order valence-electron chi connectivity index (χ2n) is 6.67. The minimum absolute atomic E-state index is 0.0764. The van der Waals surface area contributed by atoms with Crippen molar-refractivity contribution in [2.45, 2.75) is 45.6 Å². The van der Waals surface area contributed by atoms with Gasteiger partial charge >= 0.3 is 6.09 Å². The number of non-ortho nitro benzene ring substituents is 1. The number of nitro groups is 1. The topological polar surface area (TPSA) is 111 Å². The maximum Gasteiger partial charge on any atom is 0.407 e. The standard InChI is InChI=1S/C17H24ClN3O5/c1-17(2,3)26-16(23)20-10-6-4-5-9-19-15(22)13-11-12(21(24)25)7-8-14(13)18/h7-8,11H,4-6,9-10H2,1-3H3,(H,19,22)(H,20,23). The lowest BCUT2D eigenvalue weighted by Crippen LogP contribution is -2.33. The van der Waals surface area contributed by atoms with Gasteiger partial charge < -0.3 is 15.4 Å². The summed E-state index contributed by atoms with van der Waals surface area (Å²) in [6, 6.07) is 3.73. The van der Waals surface area contributed by atoms with Crippen LogP contribution in [0.5, 0.6) is 0 Å². The van der Waals surface area contributed by atoms with Crippen LogP contribution in [0.25, 0.3) is 0 Å². The molecule has 0 saturated carbocycles. The minimum Gasteiger partial charge on any atom is -0.444 e. The number of nitrogens with one attached hydrogen (secondary N) is 2. The Bertz CT molecular complexity index is 658. The molecule has 0 unspecified atom stereocenters. The van der Waals surface area contributed by atoms with Crippen LogP contribution >= 0.6 is 11.6 Å². The van der Waals surface area contributed by atoms with Gasteiger partial charge in [0.05, 0.1) is 15.5 Å². The molecule has 1 aromatic rings. The number of unbranched alkanes of at least 4 members (excludes halogenated alkanes) is 2. The van der Waals surface area contributed by atoms with Crippen LogP contribution in [0.15, 0.2) is 18.2 Å². The molecule has 0 bridgehead atoms. The van der Waals surface area contributed by atoms with E-state index in [1.165, 1.54) is 12.1 Å². The molecule has 2 amide bonds. The summed E-state index contributed by atoms with van der Waals surface area (Å²) in [6.07, 6.45) is 1.78. The number of nitro benzene ring substituents is 1. The normalized spacial score (nSPS) is 10.9. The monoisotopic (exact) mass is 385 g/mol. The average Bonchev–Trinajstić information content (AvgIpc) is 2.52. The molecule has 8 nitrogen and oxygen atoms in total. The summed E-state index contributed by atoms with van der Waals surface area (Å²) in [7, 11) is 0. The van der Waals surface area contributed by atoms with E-state index in [0.29, 0.717) is 19.5 Å². The summed E-state index contributed by atoms with van der Waals surface area (Å²) in [5, 5.41) is 16.3. The molecular formula is C17H24ClN3O5. The van der Waals surface area contributed by atoms with Gasteiger partial charge in [-0.3, -0.25) is 14.9 Å². The molecule has 0 atom stereocenters. The molecule has 0 saturated heterocycles. The molecule has 9 heteroatoms. The number of halogens is 1. The highest BCUT2D eigenvalue weighted by Crippen LogP contribution is 2.21. The molecular weight excluding hydrogens is 362 g/mol. The van der Waals surface area contributed by atoms with Crippen molar-refractivity contribution in [3.05, 3.63) is 38.9 Å². The average molecular weight is 386 g/mol. The van der Waals surface area contributed by atoms with Crippen molar-refractivity contribution in [2.24, 2.45) is 0 Å². The maximum absolute atomic E-state index is 12.1. The van der Waals surface area contributed by atoms with Gasteiger partial charge in [-0.2, -0.15) is 0 Å². The summed E-state index contributed by atoms with van der Waals surface area (Å²) >= 11 is 5.92. The number of hydrogen-bond acceptors (Lipinski definition) is 5. The van der Waals surface area contributed by atoms with Crippen LogP contribution < -0.4 is 10.6 Å². The van der Waals surface area contributed by atoms with Gasteiger partial charge in [-0.05, 0) is 46.1 Å². The van der Waals surface area contributed by atoms with Crippen molar-refractivity contribution >= 4 is 29.3 Å². The van der Waals surface area contributed by atoms with E-state index in [1.807, 2.05) is 0 Å². The molecule has 0 aliphatic rings. The van der Waals surface area contributed by atoms with E-state index in [2.05, 4.69) is 10.6 Å². The Balaban J connectivity index is 2.26. The van der Waals surface area contributed by atoms with Crippen LogP contribution in [-0.4, -0.2) is 35.6 Å². The highest BCUT2D eigenvalue weighted by Gasteiger charge is 2.16. The molecule has 0 fully saturated rings. The van der Waals surface area contributed by atoms with E-state index in [1.54, 1.807) is 20.8 Å². The predicted octanol–water partition coefficient (Wildman–Crippen LogP) is 3.67. The number of hydrogen-bond donors (Lipinski definition) is 2. The highest BCUT2D eigenvalue weighted by molar-refractivity contribution is 6.33. The fourth-order valence-corrected chi connectivity index (χ4v) is 2.23. The van der Waals surface area contributed by atoms with Crippen molar-refractivity contribution in [3.63, 3.8) is 0 Å². The number of benzene rings is 1. The highest BCUT2D eigenvalue weighted by atomic mass is 35.5. The van der Waals surface area contributed by atoms with E-state index in [4.69, 9.17) is 16.3 Å². The lowest BCUT2D eigenvalue weighted by molar-refractivity contribution is -0.384. The second-order valence-corrected chi connectivity index (χ2v) is 7.07. The van der Waals surface area contributed by atoms with Crippen LogP contribution in [0, 0.1) is 10.1 Å². The largest absolute Gasteiger partial charge is 0.444 e. The number of carbonyl (C=O) groups is 2. The van der Waals surface area contributed by atoms with Crippen LogP contribution in [0.1, 0.15) is 50.4 Å². The molecule has 1 rings (SSSR count). The molecule has 144 valence electrons. The SMILES string of the molecule is CC(C)(C)OC(=O)NCCCCCNC(=O)c1cc([N+](=O)[O-])ccc1Cl. The Kier molecular flexibility index (Phi) is 8.31. The zero-order valence-corrected chi connectivity index (χ0v) is 15.9. The van der Waals surface area contributed by atoms with E-state index in [-0.39, 0.29) is 16.3 Å². The van der Waals surface area contributed by atoms with Gasteiger partial charge in [0.2, 0.25) is 0 Å². The summed E-state index contributed by atoms with van der Waals surface area (Å²) in [6.45, 7) is 6.28. The summed E-state index contributed by atoms with van der Waals surface area (Å²) < 4.78 is 5.12. The second kappa shape index (κ2) is 9.96. The predicted molar refractivity (Wildman–Crippen MR) is 98.5 cm³/mol. The first kappa shape index (κ1) is 21.7. The number of carbonyl (C=O) groups excluding carboxylic acids is 2. The summed E-state index contributed by atoms with van der Waals surface area (Å²) in [4.78, 5) is 33.7. The molecule has 2 N–H and O–H groups in total. The van der Waals surface area contributed by atoms with E-state index in [0.717, 1.165) is 18.9 Å². The van der Waals surface area contributed by atoms with Crippen LogP contribution in [0.2, 0.25) is 5.02 Å². The molecule has 0 spiro atoms. The van der Waals surface area contributed by atoms with Crippen molar-refractivity contribution in [2.75, 3.05) is 13.1 Å². The molecule has 0 aliphatic heterocycles. The first-order valence-electron chi connectivity index (χ1n) is 8.29. The van der Waals surface area contributed by atoms with Crippen LogP contribution in [0.4, 0.5) is 10.5 Å². The van der Waals surface area contributed by atoms with Crippen molar-refractivity contribution in [1.82, 2.24) is 10.6 Å². The quantitative estimate of drug-likeness (QED) is 0.403. The summed E-state index contributed by atoms with van der Waals surface area (Å²) in [5.74, 6) is -0.453. The van der Waals surface area contributed by atoms with Gasteiger partial charge in [0.25, 0.3) is 11.6 Å². The fourth-order valence-electron chi connectivity index (χ4n) is 2.03. The van der Waals surface area contributed by atoms with Gasteiger partial charge in [-0.1, -0.05) is 11.6 Å². The number of alkyl carbamates (subject to hydrolysis) is 1. The van der Waals surface area contributed by atoms with Gasteiger partial charge in [0, 0.05) is 25.2 Å². The zero-order valence-electron chi connectivity index (χ0n) is 15.1. The van der Waals surface area contributed by atoms with E-state index >= 15 is 0 Å². The third-order valence-electron chi connectivity index (χ3n) is 3.21. The molecule has 1 aromatic carbocycles. The molecule has 0 heterocycles. The van der Waals surface area contributed by atoms with E-state index < -0.39 is 22.5 Å². The maximum atomic E-state index is 12.1. The Morgan fingerprint density at radius 2 is 1.77 bits per heavy atom. The fraction of sp³-hybridized carbons (Fsp3) is 0.529. The Hall–Kier alpha value is -2.35. The number of rotatable bonds is 8. The van der Waals surface area contributed by atoms with Crippen molar-refractivity contribution < 1.29 is 19.2 Å². The van der Waals surface area contributed by atoms with Gasteiger partial charge in [-0.15, -0.1) is 0 Å². The van der Waals surface area contributed by atoms with Crippen molar-refractivity contribution in [1.29, 1.82) is 0 Å². The summed E-state index contributed by atoms with van der Waals surface area (Å²) in [5.41, 5.74) is -0.637. The lowest BCUT2D eigenvalue weighted by atomic mass is 10.2. The lowest BCUT2D eigenvalue weighted by Gasteiger charge is -2.19. The number of nitrogens with zero attached hydrogens (tertiary/aromatic N) is 1.